The standard InChI is InChI=1S/C22H27F3N4O5S/c1-35(31,32)27-20-10-13-29(26-20)21(30)28-11-8-16(9-12-28)33-17-6-7-18(22(23,24)25)19(14-17)34-15-4-2-3-5-15/h6-7,10,13-16H,2-5,8-9,11-12H2,1H3,(H,26,27). The molecule has 2 heterocycles. The Bertz CT molecular complexity index is 1150. The number of carbonyl (C=O) groups is 1. The minimum atomic E-state index is -4.53. The van der Waals surface area contributed by atoms with Crippen LogP contribution in [0.25, 0.3) is 0 Å². The van der Waals surface area contributed by atoms with Gasteiger partial charge in [0, 0.05) is 44.3 Å². The van der Waals surface area contributed by atoms with E-state index < -0.39 is 27.8 Å². The van der Waals surface area contributed by atoms with Crippen molar-refractivity contribution in [1.29, 1.82) is 0 Å². The maximum absolute atomic E-state index is 13.5. The van der Waals surface area contributed by atoms with Crippen LogP contribution in [0.1, 0.15) is 44.1 Å². The van der Waals surface area contributed by atoms with E-state index >= 15 is 0 Å². The molecule has 13 heteroatoms. The topological polar surface area (TPSA) is 103 Å². The molecule has 1 aromatic carbocycles. The van der Waals surface area contributed by atoms with Crippen LogP contribution < -0.4 is 14.2 Å². The zero-order valence-electron chi connectivity index (χ0n) is 19.1. The van der Waals surface area contributed by atoms with Gasteiger partial charge in [-0.25, -0.2) is 13.2 Å². The van der Waals surface area contributed by atoms with Crippen molar-refractivity contribution in [2.75, 3.05) is 24.1 Å². The van der Waals surface area contributed by atoms with E-state index in [1.807, 2.05) is 0 Å². The number of aromatic nitrogens is 2. The molecule has 1 amide bonds. The molecule has 1 aliphatic carbocycles. The molecular weight excluding hydrogens is 489 g/mol. The summed E-state index contributed by atoms with van der Waals surface area (Å²) < 4.78 is 77.9. The molecule has 1 saturated heterocycles. The number of sulfonamides is 1. The second-order valence-corrected chi connectivity index (χ2v) is 10.5. The predicted octanol–water partition coefficient (Wildman–Crippen LogP) is 4.11. The molecule has 4 rings (SSSR count). The Morgan fingerprint density at radius 1 is 1.06 bits per heavy atom. The average Bonchev–Trinajstić information content (AvgIpc) is 3.44. The van der Waals surface area contributed by atoms with Gasteiger partial charge in [0.1, 0.15) is 17.6 Å². The minimum absolute atomic E-state index is 0.0389. The number of alkyl halides is 3. The summed E-state index contributed by atoms with van der Waals surface area (Å²) >= 11 is 0. The molecule has 1 aliphatic heterocycles. The minimum Gasteiger partial charge on any atom is -0.490 e. The van der Waals surface area contributed by atoms with Crippen molar-refractivity contribution in [2.45, 2.75) is 56.9 Å². The first kappa shape index (κ1) is 25.1. The first-order valence-electron chi connectivity index (χ1n) is 11.4. The highest BCUT2D eigenvalue weighted by molar-refractivity contribution is 7.92. The number of hydrogen-bond donors (Lipinski definition) is 1. The molecule has 192 valence electrons. The highest BCUT2D eigenvalue weighted by Crippen LogP contribution is 2.40. The molecule has 0 unspecified atom stereocenters. The second-order valence-electron chi connectivity index (χ2n) is 8.79. The van der Waals surface area contributed by atoms with Gasteiger partial charge in [-0.05, 0) is 37.8 Å². The fraction of sp³-hybridized carbons (Fsp3) is 0.545. The van der Waals surface area contributed by atoms with Crippen molar-refractivity contribution in [3.05, 3.63) is 36.0 Å². The third-order valence-electron chi connectivity index (χ3n) is 5.94. The second kappa shape index (κ2) is 9.96. The molecule has 2 aliphatic rings. The quantitative estimate of drug-likeness (QED) is 0.620. The van der Waals surface area contributed by atoms with Crippen molar-refractivity contribution in [3.63, 3.8) is 0 Å². The van der Waals surface area contributed by atoms with Crippen molar-refractivity contribution in [2.24, 2.45) is 0 Å². The summed E-state index contributed by atoms with van der Waals surface area (Å²) in [5, 5.41) is 3.94. The Kier molecular flexibility index (Phi) is 7.15. The summed E-state index contributed by atoms with van der Waals surface area (Å²) in [6.07, 6.45) is 1.61. The maximum atomic E-state index is 13.5. The van der Waals surface area contributed by atoms with Gasteiger partial charge in [0.25, 0.3) is 0 Å². The smallest absolute Gasteiger partial charge is 0.419 e. The summed E-state index contributed by atoms with van der Waals surface area (Å²) in [6.45, 7) is 0.703. The van der Waals surface area contributed by atoms with E-state index in [2.05, 4.69) is 9.82 Å². The molecule has 1 aromatic heterocycles. The average molecular weight is 517 g/mol. The van der Waals surface area contributed by atoms with Crippen LogP contribution in [0.2, 0.25) is 0 Å². The van der Waals surface area contributed by atoms with Crippen molar-refractivity contribution in [1.82, 2.24) is 14.7 Å². The first-order valence-corrected chi connectivity index (χ1v) is 13.2. The number of nitrogens with zero attached hydrogens (tertiary/aromatic N) is 3. The van der Waals surface area contributed by atoms with Gasteiger partial charge in [0.15, 0.2) is 5.82 Å². The van der Waals surface area contributed by atoms with Crippen LogP contribution in [0.5, 0.6) is 11.5 Å². The fourth-order valence-electron chi connectivity index (χ4n) is 4.27. The number of rotatable bonds is 6. The third-order valence-corrected chi connectivity index (χ3v) is 6.52. The van der Waals surface area contributed by atoms with Crippen molar-refractivity contribution in [3.8, 4) is 11.5 Å². The van der Waals surface area contributed by atoms with E-state index in [1.165, 1.54) is 24.4 Å². The van der Waals surface area contributed by atoms with E-state index in [9.17, 15) is 26.4 Å². The monoisotopic (exact) mass is 516 g/mol. The first-order chi connectivity index (χ1) is 16.5. The molecule has 2 aromatic rings. The van der Waals surface area contributed by atoms with Crippen LogP contribution in [0.15, 0.2) is 30.5 Å². The SMILES string of the molecule is CS(=O)(=O)Nc1ccn(C(=O)N2CCC(Oc3ccc(C(F)(F)F)c(OC4CCCC4)c3)CC2)n1. The highest BCUT2D eigenvalue weighted by Gasteiger charge is 2.36. The molecule has 0 bridgehead atoms. The number of halogens is 3. The van der Waals surface area contributed by atoms with Crippen LogP contribution in [-0.4, -0.2) is 60.7 Å². The van der Waals surface area contributed by atoms with E-state index in [0.29, 0.717) is 31.7 Å². The Morgan fingerprint density at radius 3 is 2.34 bits per heavy atom. The lowest BCUT2D eigenvalue weighted by Gasteiger charge is -2.32. The Labute approximate surface area is 201 Å². The molecule has 1 N–H and O–H groups in total. The highest BCUT2D eigenvalue weighted by atomic mass is 32.2. The number of piperidine rings is 1. The van der Waals surface area contributed by atoms with Crippen molar-refractivity contribution >= 4 is 21.9 Å². The predicted molar refractivity (Wildman–Crippen MR) is 121 cm³/mol. The van der Waals surface area contributed by atoms with E-state index in [1.54, 1.807) is 4.90 Å². The number of carbonyl (C=O) groups excluding carboxylic acids is 1. The van der Waals surface area contributed by atoms with Gasteiger partial charge in [-0.1, -0.05) is 0 Å². The number of amides is 1. The van der Waals surface area contributed by atoms with Gasteiger partial charge in [-0.3, -0.25) is 4.72 Å². The Morgan fingerprint density at radius 2 is 1.71 bits per heavy atom. The lowest BCUT2D eigenvalue weighted by atomic mass is 10.1. The van der Waals surface area contributed by atoms with E-state index in [4.69, 9.17) is 9.47 Å². The number of anilines is 1. The molecule has 1 saturated carbocycles. The summed E-state index contributed by atoms with van der Waals surface area (Å²) in [4.78, 5) is 14.2. The van der Waals surface area contributed by atoms with Crippen LogP contribution in [0.3, 0.4) is 0 Å². The molecular formula is C22H27F3N4O5S. The normalized spacial score (nSPS) is 18.0. The number of likely N-dealkylation sites (tertiary alicyclic amines) is 1. The summed E-state index contributed by atoms with van der Waals surface area (Å²) in [5.41, 5.74) is -0.818. The molecule has 0 spiro atoms. The van der Waals surface area contributed by atoms with Gasteiger partial charge in [-0.15, -0.1) is 5.10 Å². The molecule has 35 heavy (non-hydrogen) atoms. The third kappa shape index (κ3) is 6.59. The van der Waals surface area contributed by atoms with Gasteiger partial charge >= 0.3 is 12.2 Å². The van der Waals surface area contributed by atoms with Crippen molar-refractivity contribution < 1.29 is 35.9 Å². The zero-order valence-corrected chi connectivity index (χ0v) is 19.9. The van der Waals surface area contributed by atoms with Crippen LogP contribution in [0.4, 0.5) is 23.8 Å². The lowest BCUT2D eigenvalue weighted by molar-refractivity contribution is -0.139. The van der Waals surface area contributed by atoms with Gasteiger partial charge in [0.05, 0.1) is 17.9 Å². The number of nitrogens with one attached hydrogen (secondary N) is 1. The Hall–Kier alpha value is -2.96. The zero-order chi connectivity index (χ0) is 25.2. The summed E-state index contributed by atoms with van der Waals surface area (Å²) in [5.74, 6) is 0.114. The van der Waals surface area contributed by atoms with Gasteiger partial charge in [-0.2, -0.15) is 17.9 Å². The van der Waals surface area contributed by atoms with E-state index in [-0.39, 0.29) is 23.8 Å². The maximum Gasteiger partial charge on any atom is 0.419 e. The number of hydrogen-bond acceptors (Lipinski definition) is 6. The molecule has 9 nitrogen and oxygen atoms in total. The lowest BCUT2D eigenvalue weighted by Crippen LogP contribution is -2.43. The summed E-state index contributed by atoms with van der Waals surface area (Å²) in [7, 11) is -3.51. The van der Waals surface area contributed by atoms with Crippen LogP contribution in [-0.2, 0) is 16.2 Å². The van der Waals surface area contributed by atoms with Crippen LogP contribution >= 0.6 is 0 Å². The largest absolute Gasteiger partial charge is 0.490 e. The number of benzene rings is 1. The van der Waals surface area contributed by atoms with Gasteiger partial charge < -0.3 is 14.4 Å². The molecule has 2 fully saturated rings. The van der Waals surface area contributed by atoms with E-state index in [0.717, 1.165) is 42.7 Å². The molecule has 0 atom stereocenters. The Balaban J connectivity index is 1.36. The fourth-order valence-corrected chi connectivity index (χ4v) is 4.76. The number of ether oxygens (including phenoxy) is 2. The summed E-state index contributed by atoms with van der Waals surface area (Å²) in [6, 6.07) is 4.55. The van der Waals surface area contributed by atoms with Gasteiger partial charge in [0.2, 0.25) is 10.0 Å². The van der Waals surface area contributed by atoms with Crippen LogP contribution in [0, 0.1) is 0 Å². The molecule has 0 radical (unpaired) electrons.